The van der Waals surface area contributed by atoms with Crippen molar-refractivity contribution in [3.63, 3.8) is 0 Å². The molecule has 0 amide bonds. The van der Waals surface area contributed by atoms with Crippen LogP contribution in [0.1, 0.15) is 27.7 Å². The zero-order valence-electron chi connectivity index (χ0n) is 8.59. The molecule has 0 aliphatic carbocycles. The van der Waals surface area contributed by atoms with Crippen LogP contribution in [0.15, 0.2) is 29.1 Å². The highest BCUT2D eigenvalue weighted by Gasteiger charge is 2.26. The van der Waals surface area contributed by atoms with Crippen LogP contribution in [0.2, 0.25) is 0 Å². The summed E-state index contributed by atoms with van der Waals surface area (Å²) in [7, 11) is 0. The molecule has 1 atom stereocenters. The molecule has 3 nitrogen and oxygen atoms in total. The fourth-order valence-electron chi connectivity index (χ4n) is 0.996. The Labute approximate surface area is 79.0 Å². The number of rotatable bonds is 1. The molecule has 0 aromatic carbocycles. The fraction of sp³-hybridized carbons (Fsp3) is 0.600. The third-order valence-electron chi connectivity index (χ3n) is 2.08. The lowest BCUT2D eigenvalue weighted by molar-refractivity contribution is 0.0771. The van der Waals surface area contributed by atoms with E-state index in [1.54, 1.807) is 19.3 Å². The minimum Gasteiger partial charge on any atom is -0.469 e. The van der Waals surface area contributed by atoms with Gasteiger partial charge < -0.3 is 4.74 Å². The minimum absolute atomic E-state index is 0.0832. The summed E-state index contributed by atoms with van der Waals surface area (Å²) < 4.78 is 5.35. The maximum atomic E-state index is 6.94. The molecule has 0 saturated heterocycles. The summed E-state index contributed by atoms with van der Waals surface area (Å²) in [5, 5.41) is 3.39. The highest BCUT2D eigenvalue weighted by atomic mass is 16.5. The summed E-state index contributed by atoms with van der Waals surface area (Å²) >= 11 is 0. The van der Waals surface area contributed by atoms with Crippen molar-refractivity contribution in [1.82, 2.24) is 0 Å². The van der Waals surface area contributed by atoms with Crippen molar-refractivity contribution in [2.45, 2.75) is 33.4 Å². The van der Waals surface area contributed by atoms with Gasteiger partial charge in [-0.1, -0.05) is 26.8 Å². The Morgan fingerprint density at radius 1 is 1.46 bits per heavy atom. The van der Waals surface area contributed by atoms with Crippen molar-refractivity contribution in [3.05, 3.63) is 24.0 Å². The lowest BCUT2D eigenvalue weighted by Crippen LogP contribution is -2.24. The van der Waals surface area contributed by atoms with E-state index in [4.69, 9.17) is 10.3 Å². The second-order valence-electron chi connectivity index (χ2n) is 4.44. The molecule has 0 spiro atoms. The third kappa shape index (κ3) is 2.17. The average Bonchev–Trinajstić information content (AvgIpc) is 2.04. The van der Waals surface area contributed by atoms with E-state index in [0.29, 0.717) is 0 Å². The van der Waals surface area contributed by atoms with Gasteiger partial charge in [0.1, 0.15) is 0 Å². The molecule has 0 aromatic rings. The molecule has 1 rings (SSSR count). The third-order valence-corrected chi connectivity index (χ3v) is 2.08. The Kier molecular flexibility index (Phi) is 2.28. The lowest BCUT2D eigenvalue weighted by atomic mass is 9.86. The molecule has 1 unspecified atom stereocenters. The van der Waals surface area contributed by atoms with E-state index in [0.717, 1.165) is 5.57 Å². The maximum absolute atomic E-state index is 6.94. The fourth-order valence-corrected chi connectivity index (χ4v) is 0.996. The van der Waals surface area contributed by atoms with E-state index < -0.39 is 5.72 Å². The molecule has 0 radical (unpaired) electrons. The molecule has 13 heavy (non-hydrogen) atoms. The Bertz CT molecular complexity index is 273. The van der Waals surface area contributed by atoms with Crippen LogP contribution < -0.4 is 0 Å². The van der Waals surface area contributed by atoms with Crippen LogP contribution in [0.4, 0.5) is 0 Å². The van der Waals surface area contributed by atoms with Crippen molar-refractivity contribution in [3.8, 4) is 0 Å². The van der Waals surface area contributed by atoms with Crippen LogP contribution in [0.5, 0.6) is 0 Å². The second-order valence-corrected chi connectivity index (χ2v) is 4.44. The molecular formula is C10H16N2O. The van der Waals surface area contributed by atoms with Gasteiger partial charge in [-0.25, -0.2) is 5.53 Å². The van der Waals surface area contributed by atoms with Gasteiger partial charge in [-0.15, -0.1) is 5.11 Å². The summed E-state index contributed by atoms with van der Waals surface area (Å²) in [4.78, 5) is 0. The van der Waals surface area contributed by atoms with Crippen molar-refractivity contribution in [2.75, 3.05) is 0 Å². The van der Waals surface area contributed by atoms with Crippen molar-refractivity contribution < 1.29 is 4.74 Å². The lowest BCUT2D eigenvalue weighted by Gasteiger charge is -2.28. The largest absolute Gasteiger partial charge is 0.469 e. The second kappa shape index (κ2) is 2.98. The zero-order chi connectivity index (χ0) is 10.1. The number of ether oxygens (including phenoxy) is 1. The first-order chi connectivity index (χ1) is 5.87. The van der Waals surface area contributed by atoms with Crippen molar-refractivity contribution >= 4 is 0 Å². The van der Waals surface area contributed by atoms with Crippen molar-refractivity contribution in [2.24, 2.45) is 10.5 Å². The monoisotopic (exact) mass is 180 g/mol. The molecule has 0 bridgehead atoms. The highest BCUT2D eigenvalue weighted by molar-refractivity contribution is 5.27. The first-order valence-electron chi connectivity index (χ1n) is 4.34. The molecule has 1 aliphatic heterocycles. The van der Waals surface area contributed by atoms with Gasteiger partial charge >= 0.3 is 0 Å². The van der Waals surface area contributed by atoms with E-state index >= 15 is 0 Å². The number of allylic oxidation sites excluding steroid dienone is 2. The average molecular weight is 180 g/mol. The summed E-state index contributed by atoms with van der Waals surface area (Å²) in [6.07, 6.45) is 5.47. The number of hydrogen-bond donors (Lipinski definition) is 1. The van der Waals surface area contributed by atoms with E-state index in [1.807, 2.05) is 6.08 Å². The number of nitrogens with one attached hydrogen (secondary N) is 1. The highest BCUT2D eigenvalue weighted by Crippen LogP contribution is 2.31. The van der Waals surface area contributed by atoms with Gasteiger partial charge in [0.2, 0.25) is 5.72 Å². The van der Waals surface area contributed by atoms with Gasteiger partial charge in [0.15, 0.2) is 0 Å². The molecule has 0 saturated carbocycles. The van der Waals surface area contributed by atoms with E-state index in [-0.39, 0.29) is 5.41 Å². The quantitative estimate of drug-likeness (QED) is 0.618. The zero-order valence-corrected chi connectivity index (χ0v) is 8.59. The molecule has 1 heterocycles. The van der Waals surface area contributed by atoms with Crippen LogP contribution in [0.3, 0.4) is 0 Å². The maximum Gasteiger partial charge on any atom is 0.234 e. The normalized spacial score (nSPS) is 27.8. The van der Waals surface area contributed by atoms with Gasteiger partial charge in [0, 0.05) is 6.92 Å². The van der Waals surface area contributed by atoms with Crippen LogP contribution in [0.25, 0.3) is 0 Å². The summed E-state index contributed by atoms with van der Waals surface area (Å²) in [5.41, 5.74) is 7.34. The first-order valence-corrected chi connectivity index (χ1v) is 4.34. The van der Waals surface area contributed by atoms with Crippen LogP contribution >= 0.6 is 0 Å². The molecule has 1 aliphatic rings. The Morgan fingerprint density at radius 3 is 2.38 bits per heavy atom. The Balaban J connectivity index is 2.82. The molecule has 3 heteroatoms. The summed E-state index contributed by atoms with van der Waals surface area (Å²) in [6, 6.07) is 0. The van der Waals surface area contributed by atoms with E-state index in [9.17, 15) is 0 Å². The standard InChI is InChI=1S/C10H16N2O/c1-9(2,3)8-5-6-10(4,12-11)13-7-8/h5-7,11H,1-4H3. The number of hydrogen-bond acceptors (Lipinski definition) is 3. The number of nitrogens with zero attached hydrogens (tertiary/aromatic N) is 1. The smallest absolute Gasteiger partial charge is 0.234 e. The SMILES string of the molecule is CC1(N=N)C=CC(C(C)(C)C)=CO1. The van der Waals surface area contributed by atoms with Gasteiger partial charge in [-0.3, -0.25) is 0 Å². The van der Waals surface area contributed by atoms with E-state index in [2.05, 4.69) is 25.9 Å². The van der Waals surface area contributed by atoms with Gasteiger partial charge in [-0.05, 0) is 17.1 Å². The Morgan fingerprint density at radius 2 is 2.08 bits per heavy atom. The minimum atomic E-state index is -0.797. The Hall–Kier alpha value is -1.12. The van der Waals surface area contributed by atoms with Gasteiger partial charge in [0.25, 0.3) is 0 Å². The molecule has 0 fully saturated rings. The predicted octanol–water partition coefficient (Wildman–Crippen LogP) is 3.25. The van der Waals surface area contributed by atoms with Crippen LogP contribution in [-0.2, 0) is 4.74 Å². The topological polar surface area (TPSA) is 45.4 Å². The van der Waals surface area contributed by atoms with Gasteiger partial charge in [-0.2, -0.15) is 0 Å². The van der Waals surface area contributed by atoms with Crippen LogP contribution in [-0.4, -0.2) is 5.72 Å². The van der Waals surface area contributed by atoms with Gasteiger partial charge in [0.05, 0.1) is 6.26 Å². The van der Waals surface area contributed by atoms with Crippen LogP contribution in [0, 0.1) is 10.9 Å². The van der Waals surface area contributed by atoms with Crippen molar-refractivity contribution in [1.29, 1.82) is 5.53 Å². The summed E-state index contributed by atoms with van der Waals surface area (Å²) in [6.45, 7) is 8.11. The molecule has 1 N–H and O–H groups in total. The molecular weight excluding hydrogens is 164 g/mol. The van der Waals surface area contributed by atoms with E-state index in [1.165, 1.54) is 0 Å². The first kappa shape index (κ1) is 9.96. The summed E-state index contributed by atoms with van der Waals surface area (Å²) in [5.74, 6) is 0. The molecule has 72 valence electrons. The molecule has 0 aromatic heterocycles. The predicted molar refractivity (Wildman–Crippen MR) is 51.3 cm³/mol.